The van der Waals surface area contributed by atoms with Crippen LogP contribution in [-0.4, -0.2) is 59.7 Å². The lowest BCUT2D eigenvalue weighted by Gasteiger charge is -2.41. The van der Waals surface area contributed by atoms with Gasteiger partial charge < -0.3 is 9.80 Å². The van der Waals surface area contributed by atoms with Crippen molar-refractivity contribution in [2.45, 2.75) is 26.3 Å². The molecule has 29 heavy (non-hydrogen) atoms. The van der Waals surface area contributed by atoms with Gasteiger partial charge in [0.1, 0.15) is 0 Å². The number of benzene rings is 2. The highest BCUT2D eigenvalue weighted by Gasteiger charge is 2.35. The summed E-state index contributed by atoms with van der Waals surface area (Å²) in [6.45, 7) is 6.36. The Morgan fingerprint density at radius 3 is 2.31 bits per heavy atom. The SMILES string of the molecule is Cc1cccc(N2CCN(C(=O)CCN3C(=O)c4ccccc4C3=O)C[C@H]2C)c1. The number of anilines is 1. The predicted octanol–water partition coefficient (Wildman–Crippen LogP) is 2.72. The van der Waals surface area contributed by atoms with Crippen molar-refractivity contribution in [3.8, 4) is 0 Å². The van der Waals surface area contributed by atoms with E-state index in [0.717, 1.165) is 6.54 Å². The van der Waals surface area contributed by atoms with Crippen LogP contribution in [0.2, 0.25) is 0 Å². The van der Waals surface area contributed by atoms with Crippen molar-refractivity contribution in [2.75, 3.05) is 31.1 Å². The highest BCUT2D eigenvalue weighted by atomic mass is 16.2. The number of rotatable bonds is 4. The number of piperazine rings is 1. The van der Waals surface area contributed by atoms with E-state index in [1.807, 2.05) is 4.90 Å². The quantitative estimate of drug-likeness (QED) is 0.752. The third-order valence-corrected chi connectivity index (χ3v) is 5.74. The highest BCUT2D eigenvalue weighted by Crippen LogP contribution is 2.24. The van der Waals surface area contributed by atoms with Gasteiger partial charge in [-0.15, -0.1) is 0 Å². The fourth-order valence-corrected chi connectivity index (χ4v) is 4.18. The average molecular weight is 391 g/mol. The van der Waals surface area contributed by atoms with E-state index >= 15 is 0 Å². The summed E-state index contributed by atoms with van der Waals surface area (Å²) in [6.07, 6.45) is 0.155. The number of hydrogen-bond donors (Lipinski definition) is 0. The molecule has 0 radical (unpaired) electrons. The van der Waals surface area contributed by atoms with Crippen LogP contribution in [0.4, 0.5) is 5.69 Å². The van der Waals surface area contributed by atoms with Gasteiger partial charge in [-0.25, -0.2) is 0 Å². The molecule has 0 saturated carbocycles. The Morgan fingerprint density at radius 2 is 1.69 bits per heavy atom. The standard InChI is InChI=1S/C23H25N3O3/c1-16-6-5-7-18(14-16)25-13-12-24(15-17(25)2)21(27)10-11-26-22(28)19-8-3-4-9-20(19)23(26)29/h3-9,14,17H,10-13,15H2,1-2H3/t17-/m1/s1. The third-order valence-electron chi connectivity index (χ3n) is 5.74. The van der Waals surface area contributed by atoms with Gasteiger partial charge in [0.25, 0.3) is 11.8 Å². The molecule has 0 aliphatic carbocycles. The van der Waals surface area contributed by atoms with Gasteiger partial charge in [0.05, 0.1) is 11.1 Å². The Morgan fingerprint density at radius 1 is 1.00 bits per heavy atom. The Labute approximate surface area is 170 Å². The molecule has 2 heterocycles. The minimum absolute atomic E-state index is 0.0164. The first-order valence-corrected chi connectivity index (χ1v) is 10.0. The molecule has 0 spiro atoms. The lowest BCUT2D eigenvalue weighted by atomic mass is 10.1. The first-order valence-electron chi connectivity index (χ1n) is 10.0. The molecule has 0 N–H and O–H groups in total. The van der Waals surface area contributed by atoms with Crippen molar-refractivity contribution in [1.82, 2.24) is 9.80 Å². The number of hydrogen-bond acceptors (Lipinski definition) is 4. The van der Waals surface area contributed by atoms with Gasteiger partial charge in [-0.05, 0) is 43.7 Å². The van der Waals surface area contributed by atoms with E-state index in [1.165, 1.54) is 16.2 Å². The molecule has 150 valence electrons. The molecule has 0 bridgehead atoms. The summed E-state index contributed by atoms with van der Waals surface area (Å²) in [4.78, 5) is 43.0. The van der Waals surface area contributed by atoms with Crippen molar-refractivity contribution in [2.24, 2.45) is 0 Å². The second-order valence-corrected chi connectivity index (χ2v) is 7.78. The first kappa shape index (κ1) is 19.2. The maximum Gasteiger partial charge on any atom is 0.261 e. The number of amides is 3. The number of carbonyl (C=O) groups excluding carboxylic acids is 3. The number of nitrogens with zero attached hydrogens (tertiary/aromatic N) is 3. The maximum absolute atomic E-state index is 12.7. The molecule has 3 amide bonds. The summed E-state index contributed by atoms with van der Waals surface area (Å²) in [7, 11) is 0. The lowest BCUT2D eigenvalue weighted by molar-refractivity contribution is -0.132. The van der Waals surface area contributed by atoms with Crippen LogP contribution in [-0.2, 0) is 4.79 Å². The van der Waals surface area contributed by atoms with Crippen molar-refractivity contribution < 1.29 is 14.4 Å². The largest absolute Gasteiger partial charge is 0.365 e. The molecule has 6 heteroatoms. The summed E-state index contributed by atoms with van der Waals surface area (Å²) >= 11 is 0. The molecule has 2 aromatic carbocycles. The molecule has 0 aromatic heterocycles. The zero-order chi connectivity index (χ0) is 20.5. The van der Waals surface area contributed by atoms with Crippen LogP contribution < -0.4 is 4.90 Å². The van der Waals surface area contributed by atoms with Gasteiger partial charge in [-0.3, -0.25) is 19.3 Å². The molecular weight excluding hydrogens is 366 g/mol. The molecular formula is C23H25N3O3. The number of fused-ring (bicyclic) bond motifs is 1. The van der Waals surface area contributed by atoms with Gasteiger partial charge in [-0.1, -0.05) is 24.3 Å². The highest BCUT2D eigenvalue weighted by molar-refractivity contribution is 6.21. The second kappa shape index (κ2) is 7.70. The van der Waals surface area contributed by atoms with Crippen LogP contribution in [0.15, 0.2) is 48.5 Å². The molecule has 6 nitrogen and oxygen atoms in total. The predicted molar refractivity (Wildman–Crippen MR) is 111 cm³/mol. The van der Waals surface area contributed by atoms with E-state index in [2.05, 4.69) is 43.0 Å². The van der Waals surface area contributed by atoms with E-state index < -0.39 is 0 Å². The van der Waals surface area contributed by atoms with Gasteiger partial charge in [0, 0.05) is 44.3 Å². The zero-order valence-corrected chi connectivity index (χ0v) is 16.8. The summed E-state index contributed by atoms with van der Waals surface area (Å²) in [5.74, 6) is -0.635. The second-order valence-electron chi connectivity index (χ2n) is 7.78. The fourth-order valence-electron chi connectivity index (χ4n) is 4.18. The van der Waals surface area contributed by atoms with Crippen molar-refractivity contribution in [3.63, 3.8) is 0 Å². The molecule has 2 aliphatic heterocycles. The third kappa shape index (κ3) is 3.62. The van der Waals surface area contributed by atoms with Crippen LogP contribution in [0.5, 0.6) is 0 Å². The van der Waals surface area contributed by atoms with E-state index in [-0.39, 0.29) is 36.7 Å². The number of aryl methyl sites for hydroxylation is 1. The van der Waals surface area contributed by atoms with Crippen molar-refractivity contribution >= 4 is 23.4 Å². The van der Waals surface area contributed by atoms with Gasteiger partial charge in [0.2, 0.25) is 5.91 Å². The Balaban J connectivity index is 1.35. The number of imide groups is 1. The van der Waals surface area contributed by atoms with Gasteiger partial charge in [-0.2, -0.15) is 0 Å². The monoisotopic (exact) mass is 391 g/mol. The Kier molecular flexibility index (Phi) is 5.09. The van der Waals surface area contributed by atoms with Crippen LogP contribution in [0.1, 0.15) is 39.6 Å². The van der Waals surface area contributed by atoms with E-state index in [1.54, 1.807) is 24.3 Å². The molecule has 2 aromatic rings. The van der Waals surface area contributed by atoms with E-state index in [9.17, 15) is 14.4 Å². The topological polar surface area (TPSA) is 60.9 Å². The molecule has 2 aliphatic rings. The molecule has 0 unspecified atom stereocenters. The first-order chi connectivity index (χ1) is 14.0. The van der Waals surface area contributed by atoms with Crippen LogP contribution >= 0.6 is 0 Å². The van der Waals surface area contributed by atoms with E-state index in [4.69, 9.17) is 0 Å². The summed E-state index contributed by atoms with van der Waals surface area (Å²) < 4.78 is 0. The summed E-state index contributed by atoms with van der Waals surface area (Å²) in [5.41, 5.74) is 3.24. The summed E-state index contributed by atoms with van der Waals surface area (Å²) in [5, 5.41) is 0. The van der Waals surface area contributed by atoms with Gasteiger partial charge >= 0.3 is 0 Å². The van der Waals surface area contributed by atoms with E-state index in [0.29, 0.717) is 24.2 Å². The molecule has 1 fully saturated rings. The molecule has 1 saturated heterocycles. The maximum atomic E-state index is 12.7. The zero-order valence-electron chi connectivity index (χ0n) is 16.8. The van der Waals surface area contributed by atoms with Crippen LogP contribution in [0.3, 0.4) is 0 Å². The van der Waals surface area contributed by atoms with Crippen LogP contribution in [0, 0.1) is 6.92 Å². The normalized spacial score (nSPS) is 19.0. The van der Waals surface area contributed by atoms with Gasteiger partial charge in [0.15, 0.2) is 0 Å². The average Bonchev–Trinajstić information content (AvgIpc) is 2.96. The Bertz CT molecular complexity index is 936. The Hall–Kier alpha value is -3.15. The smallest absolute Gasteiger partial charge is 0.261 e. The fraction of sp³-hybridized carbons (Fsp3) is 0.348. The number of carbonyl (C=O) groups is 3. The molecule has 1 atom stereocenters. The van der Waals surface area contributed by atoms with Crippen molar-refractivity contribution in [1.29, 1.82) is 0 Å². The molecule has 4 rings (SSSR count). The lowest BCUT2D eigenvalue weighted by Crippen LogP contribution is -2.54. The minimum Gasteiger partial charge on any atom is -0.365 e. The van der Waals surface area contributed by atoms with Crippen LogP contribution in [0.25, 0.3) is 0 Å². The van der Waals surface area contributed by atoms with Crippen molar-refractivity contribution in [3.05, 3.63) is 65.2 Å². The minimum atomic E-state index is -0.309. The summed E-state index contributed by atoms with van der Waals surface area (Å²) in [6, 6.07) is 15.4.